The number of benzene rings is 1. The largest absolute Gasteiger partial charge is 0.490 e. The van der Waals surface area contributed by atoms with E-state index in [0.717, 1.165) is 37.7 Å². The first-order valence-electron chi connectivity index (χ1n) is 7.97. The molecule has 3 nitrogen and oxygen atoms in total. The number of hydrogen-bond acceptors (Lipinski definition) is 2. The molecule has 0 heterocycles. The van der Waals surface area contributed by atoms with E-state index >= 15 is 0 Å². The van der Waals surface area contributed by atoms with E-state index in [1.165, 1.54) is 18.2 Å². The Hall–Kier alpha value is -1.84. The van der Waals surface area contributed by atoms with E-state index < -0.39 is 0 Å². The van der Waals surface area contributed by atoms with E-state index in [-0.39, 0.29) is 17.8 Å². The molecule has 0 aliphatic heterocycles. The van der Waals surface area contributed by atoms with Crippen LogP contribution in [0.4, 0.5) is 4.39 Å². The Balaban J connectivity index is 1.94. The van der Waals surface area contributed by atoms with Gasteiger partial charge in [0.05, 0.1) is 6.10 Å². The van der Waals surface area contributed by atoms with Crippen molar-refractivity contribution in [3.05, 3.63) is 42.2 Å². The van der Waals surface area contributed by atoms with Gasteiger partial charge in [-0.2, -0.15) is 0 Å². The molecule has 1 aliphatic rings. The van der Waals surface area contributed by atoms with E-state index in [4.69, 9.17) is 4.74 Å². The van der Waals surface area contributed by atoms with Crippen LogP contribution in [0.15, 0.2) is 30.9 Å². The lowest BCUT2D eigenvalue weighted by Crippen LogP contribution is -2.34. The first kappa shape index (κ1) is 16.5. The maximum absolute atomic E-state index is 13.4. The SMILES string of the molecule is C=CC(=O)NCC1CCCC(Oc2cc(F)ccc2CC)C1. The monoisotopic (exact) mass is 305 g/mol. The molecule has 1 aliphatic carbocycles. The van der Waals surface area contributed by atoms with Crippen molar-refractivity contribution in [3.63, 3.8) is 0 Å². The summed E-state index contributed by atoms with van der Waals surface area (Å²) in [5.41, 5.74) is 1.03. The third kappa shape index (κ3) is 4.58. The molecule has 120 valence electrons. The zero-order chi connectivity index (χ0) is 15.9. The van der Waals surface area contributed by atoms with Crippen LogP contribution in [0.25, 0.3) is 0 Å². The van der Waals surface area contributed by atoms with Gasteiger partial charge in [0.2, 0.25) is 5.91 Å². The van der Waals surface area contributed by atoms with Crippen molar-refractivity contribution < 1.29 is 13.9 Å². The van der Waals surface area contributed by atoms with Gasteiger partial charge in [0.15, 0.2) is 0 Å². The lowest BCUT2D eigenvalue weighted by Gasteiger charge is -2.30. The molecule has 1 aromatic rings. The number of ether oxygens (including phenoxy) is 1. The maximum atomic E-state index is 13.4. The fourth-order valence-corrected chi connectivity index (χ4v) is 2.96. The summed E-state index contributed by atoms with van der Waals surface area (Å²) in [6.07, 6.45) is 6.21. The summed E-state index contributed by atoms with van der Waals surface area (Å²) in [6.45, 7) is 6.13. The number of halogens is 1. The predicted molar refractivity (Wildman–Crippen MR) is 85.4 cm³/mol. The first-order chi connectivity index (χ1) is 10.6. The first-order valence-corrected chi connectivity index (χ1v) is 7.97. The molecule has 4 heteroatoms. The maximum Gasteiger partial charge on any atom is 0.243 e. The van der Waals surface area contributed by atoms with Crippen LogP contribution in [0.3, 0.4) is 0 Å². The van der Waals surface area contributed by atoms with E-state index in [9.17, 15) is 9.18 Å². The van der Waals surface area contributed by atoms with Crippen LogP contribution in [-0.4, -0.2) is 18.6 Å². The number of carbonyl (C=O) groups excluding carboxylic acids is 1. The number of aryl methyl sites for hydroxylation is 1. The normalized spacial score (nSPS) is 21.2. The van der Waals surface area contributed by atoms with Crippen LogP contribution in [-0.2, 0) is 11.2 Å². The van der Waals surface area contributed by atoms with Gasteiger partial charge in [0, 0.05) is 12.6 Å². The average molecular weight is 305 g/mol. The molecule has 2 atom stereocenters. The van der Waals surface area contributed by atoms with Gasteiger partial charge < -0.3 is 10.1 Å². The minimum absolute atomic E-state index is 0.0893. The summed E-state index contributed by atoms with van der Waals surface area (Å²) in [5, 5.41) is 2.85. The fraction of sp³-hybridized carbons (Fsp3) is 0.500. The number of carbonyl (C=O) groups is 1. The van der Waals surface area contributed by atoms with Crippen LogP contribution in [0, 0.1) is 11.7 Å². The van der Waals surface area contributed by atoms with Gasteiger partial charge in [-0.05, 0) is 55.7 Å². The molecule has 1 N–H and O–H groups in total. The molecule has 0 radical (unpaired) electrons. The second-order valence-corrected chi connectivity index (χ2v) is 5.83. The van der Waals surface area contributed by atoms with Gasteiger partial charge in [0.1, 0.15) is 11.6 Å². The van der Waals surface area contributed by atoms with Crippen LogP contribution >= 0.6 is 0 Å². The Morgan fingerprint density at radius 2 is 2.32 bits per heavy atom. The Kier molecular flexibility index (Phi) is 5.99. The molecule has 0 saturated heterocycles. The van der Waals surface area contributed by atoms with Gasteiger partial charge in [-0.15, -0.1) is 0 Å². The van der Waals surface area contributed by atoms with E-state index in [2.05, 4.69) is 11.9 Å². The lowest BCUT2D eigenvalue weighted by molar-refractivity contribution is -0.116. The minimum Gasteiger partial charge on any atom is -0.490 e. The summed E-state index contributed by atoms with van der Waals surface area (Å²) in [6, 6.07) is 4.73. The summed E-state index contributed by atoms with van der Waals surface area (Å²) in [5.74, 6) is 0.656. The average Bonchev–Trinajstić information content (AvgIpc) is 2.53. The Labute approximate surface area is 131 Å². The Bertz CT molecular complexity index is 530. The van der Waals surface area contributed by atoms with Crippen LogP contribution in [0.5, 0.6) is 5.75 Å². The fourth-order valence-electron chi connectivity index (χ4n) is 2.96. The lowest BCUT2D eigenvalue weighted by atomic mass is 9.87. The molecular formula is C18H24FNO2. The van der Waals surface area contributed by atoms with E-state index in [1.807, 2.05) is 6.92 Å². The van der Waals surface area contributed by atoms with Crippen molar-refractivity contribution in [3.8, 4) is 5.75 Å². The van der Waals surface area contributed by atoms with Crippen LogP contribution < -0.4 is 10.1 Å². The molecular weight excluding hydrogens is 281 g/mol. The third-order valence-electron chi connectivity index (χ3n) is 4.19. The molecule has 1 saturated carbocycles. The van der Waals surface area contributed by atoms with Crippen molar-refractivity contribution in [1.82, 2.24) is 5.32 Å². The van der Waals surface area contributed by atoms with Gasteiger partial charge in [-0.1, -0.05) is 19.6 Å². The standard InChI is InChI=1S/C18H24FNO2/c1-3-14-8-9-15(19)11-17(14)22-16-7-5-6-13(10-16)12-20-18(21)4-2/h4,8-9,11,13,16H,2-3,5-7,10,12H2,1H3,(H,20,21). The topological polar surface area (TPSA) is 38.3 Å². The molecule has 0 spiro atoms. The van der Waals surface area contributed by atoms with Gasteiger partial charge in [-0.3, -0.25) is 4.79 Å². The minimum atomic E-state index is -0.266. The highest BCUT2D eigenvalue weighted by molar-refractivity contribution is 5.86. The second-order valence-electron chi connectivity index (χ2n) is 5.83. The molecule has 0 aromatic heterocycles. The van der Waals surface area contributed by atoms with Gasteiger partial charge in [-0.25, -0.2) is 4.39 Å². The molecule has 1 fully saturated rings. The summed E-state index contributed by atoms with van der Waals surface area (Å²) >= 11 is 0. The quantitative estimate of drug-likeness (QED) is 0.815. The Morgan fingerprint density at radius 3 is 3.05 bits per heavy atom. The molecule has 0 bridgehead atoms. The molecule has 1 amide bonds. The zero-order valence-corrected chi connectivity index (χ0v) is 13.1. The van der Waals surface area contributed by atoms with Crippen molar-refractivity contribution in [2.75, 3.05) is 6.54 Å². The molecule has 1 aromatic carbocycles. The molecule has 2 unspecified atom stereocenters. The number of amides is 1. The summed E-state index contributed by atoms with van der Waals surface area (Å²) < 4.78 is 19.5. The highest BCUT2D eigenvalue weighted by Crippen LogP contribution is 2.29. The summed E-state index contributed by atoms with van der Waals surface area (Å²) in [7, 11) is 0. The van der Waals surface area contributed by atoms with Gasteiger partial charge >= 0.3 is 0 Å². The highest BCUT2D eigenvalue weighted by Gasteiger charge is 2.24. The van der Waals surface area contributed by atoms with Crippen molar-refractivity contribution >= 4 is 5.91 Å². The highest BCUT2D eigenvalue weighted by atomic mass is 19.1. The van der Waals surface area contributed by atoms with Crippen LogP contribution in [0.2, 0.25) is 0 Å². The molecule has 22 heavy (non-hydrogen) atoms. The Morgan fingerprint density at radius 1 is 1.50 bits per heavy atom. The van der Waals surface area contributed by atoms with Gasteiger partial charge in [0.25, 0.3) is 0 Å². The number of nitrogens with one attached hydrogen (secondary N) is 1. The van der Waals surface area contributed by atoms with Crippen molar-refractivity contribution in [1.29, 1.82) is 0 Å². The second kappa shape index (κ2) is 7.97. The number of rotatable bonds is 6. The third-order valence-corrected chi connectivity index (χ3v) is 4.19. The smallest absolute Gasteiger partial charge is 0.243 e. The number of hydrogen-bond donors (Lipinski definition) is 1. The van der Waals surface area contributed by atoms with Crippen molar-refractivity contribution in [2.45, 2.75) is 45.1 Å². The summed E-state index contributed by atoms with van der Waals surface area (Å²) in [4.78, 5) is 11.2. The zero-order valence-electron chi connectivity index (χ0n) is 13.1. The predicted octanol–water partition coefficient (Wildman–Crippen LogP) is 3.63. The molecule has 2 rings (SSSR count). The van der Waals surface area contributed by atoms with E-state index in [0.29, 0.717) is 18.2 Å². The van der Waals surface area contributed by atoms with Crippen molar-refractivity contribution in [2.24, 2.45) is 5.92 Å². The van der Waals surface area contributed by atoms with Crippen LogP contribution in [0.1, 0.15) is 38.2 Å². The van der Waals surface area contributed by atoms with E-state index in [1.54, 1.807) is 6.07 Å².